The third-order valence-corrected chi connectivity index (χ3v) is 4.33. The molecule has 3 fully saturated rings. The molecule has 3 saturated heterocycles. The van der Waals surface area contributed by atoms with Crippen LogP contribution in [0.15, 0.2) is 30.3 Å². The highest BCUT2D eigenvalue weighted by Gasteiger charge is 2.57. The van der Waals surface area contributed by atoms with Crippen LogP contribution in [0, 0.1) is 0 Å². The maximum Gasteiger partial charge on any atom is 0.190 e. The molecule has 3 heterocycles. The van der Waals surface area contributed by atoms with Gasteiger partial charge >= 0.3 is 0 Å². The summed E-state index contributed by atoms with van der Waals surface area (Å²) in [5, 5.41) is 9.58. The van der Waals surface area contributed by atoms with Gasteiger partial charge in [0.25, 0.3) is 0 Å². The highest BCUT2D eigenvalue weighted by atomic mass is 16.8. The zero-order valence-electron chi connectivity index (χ0n) is 12.3. The summed E-state index contributed by atoms with van der Waals surface area (Å²) < 4.78 is 29.4. The Hall–Kier alpha value is -1.02. The summed E-state index contributed by atoms with van der Waals surface area (Å²) in [4.78, 5) is 0. The molecule has 4 rings (SSSR count). The number of aliphatic hydroxyl groups excluding tert-OH is 1. The van der Waals surface area contributed by atoms with Gasteiger partial charge in [-0.15, -0.1) is 0 Å². The van der Waals surface area contributed by atoms with Gasteiger partial charge in [0.05, 0.1) is 6.61 Å². The second-order valence-corrected chi connectivity index (χ2v) is 5.74. The van der Waals surface area contributed by atoms with Crippen molar-refractivity contribution in [2.45, 2.75) is 56.6 Å². The lowest BCUT2D eigenvalue weighted by atomic mass is 9.99. The molecule has 0 bridgehead atoms. The Kier molecular flexibility index (Phi) is 3.89. The van der Waals surface area contributed by atoms with Gasteiger partial charge in [-0.25, -0.2) is 0 Å². The van der Waals surface area contributed by atoms with Crippen LogP contribution < -0.4 is 0 Å². The molecular formula is C16H20O6. The molecule has 0 aromatic heterocycles. The van der Waals surface area contributed by atoms with E-state index in [0.29, 0.717) is 0 Å². The first kappa shape index (κ1) is 14.6. The number of ether oxygens (including phenoxy) is 5. The van der Waals surface area contributed by atoms with Gasteiger partial charge in [0.15, 0.2) is 18.9 Å². The average molecular weight is 308 g/mol. The maximum atomic E-state index is 9.58. The minimum absolute atomic E-state index is 0.143. The van der Waals surface area contributed by atoms with Crippen molar-refractivity contribution in [2.24, 2.45) is 0 Å². The molecule has 0 aliphatic carbocycles. The van der Waals surface area contributed by atoms with Gasteiger partial charge in [-0.05, 0) is 6.42 Å². The summed E-state index contributed by atoms with van der Waals surface area (Å²) in [6.45, 7) is 1.84. The van der Waals surface area contributed by atoms with Crippen LogP contribution in [0.3, 0.4) is 0 Å². The summed E-state index contributed by atoms with van der Waals surface area (Å²) >= 11 is 0. The monoisotopic (exact) mass is 308 g/mol. The average Bonchev–Trinajstić information content (AvgIpc) is 3.18. The van der Waals surface area contributed by atoms with Crippen LogP contribution >= 0.6 is 0 Å². The number of hydrogen-bond donors (Lipinski definition) is 1. The van der Waals surface area contributed by atoms with E-state index in [0.717, 1.165) is 12.0 Å². The van der Waals surface area contributed by atoms with E-state index in [4.69, 9.17) is 23.7 Å². The van der Waals surface area contributed by atoms with E-state index in [1.807, 2.05) is 37.3 Å². The summed E-state index contributed by atoms with van der Waals surface area (Å²) in [6, 6.07) is 9.73. The second kappa shape index (κ2) is 5.88. The van der Waals surface area contributed by atoms with E-state index in [1.165, 1.54) is 0 Å². The number of benzene rings is 1. The molecule has 6 nitrogen and oxygen atoms in total. The van der Waals surface area contributed by atoms with Gasteiger partial charge in [0.1, 0.15) is 24.4 Å². The zero-order chi connectivity index (χ0) is 15.1. The number of fused-ring (bicyclic) bond motifs is 3. The first-order valence-electron chi connectivity index (χ1n) is 7.73. The molecule has 0 saturated carbocycles. The molecule has 3 aliphatic rings. The van der Waals surface area contributed by atoms with E-state index >= 15 is 0 Å². The molecule has 0 spiro atoms. The largest absolute Gasteiger partial charge is 0.394 e. The maximum absolute atomic E-state index is 9.58. The molecule has 22 heavy (non-hydrogen) atoms. The van der Waals surface area contributed by atoms with Gasteiger partial charge in [0.2, 0.25) is 0 Å². The van der Waals surface area contributed by atoms with Crippen molar-refractivity contribution in [1.29, 1.82) is 0 Å². The number of rotatable bonds is 3. The molecule has 1 aromatic carbocycles. The Bertz CT molecular complexity index is 509. The van der Waals surface area contributed by atoms with Gasteiger partial charge in [-0.2, -0.15) is 0 Å². The summed E-state index contributed by atoms with van der Waals surface area (Å²) in [7, 11) is 0. The van der Waals surface area contributed by atoms with E-state index < -0.39 is 18.7 Å². The van der Waals surface area contributed by atoms with Gasteiger partial charge in [0, 0.05) is 5.56 Å². The minimum Gasteiger partial charge on any atom is -0.394 e. The molecule has 6 heteroatoms. The van der Waals surface area contributed by atoms with E-state index in [9.17, 15) is 5.11 Å². The molecule has 0 amide bonds. The third kappa shape index (κ3) is 2.36. The van der Waals surface area contributed by atoms with Crippen molar-refractivity contribution in [3.63, 3.8) is 0 Å². The standard InChI is InChI=1S/C16H20O6/c1-2-11-19-14-13-12(10(8-17)18-16(14)20-11)21-15(22-13)9-6-4-3-5-7-9/h3-7,10-17H,2,8H2,1H3/t10-,11-,12+,13+,14-,15+,16-/m1/s1. The Morgan fingerprint density at radius 3 is 2.41 bits per heavy atom. The quantitative estimate of drug-likeness (QED) is 0.909. The second-order valence-electron chi connectivity index (χ2n) is 5.74. The van der Waals surface area contributed by atoms with Crippen LogP contribution in [0.5, 0.6) is 0 Å². The Morgan fingerprint density at radius 1 is 0.909 bits per heavy atom. The zero-order valence-corrected chi connectivity index (χ0v) is 12.3. The van der Waals surface area contributed by atoms with Gasteiger partial charge in [-0.1, -0.05) is 37.3 Å². The Balaban J connectivity index is 1.57. The Morgan fingerprint density at radius 2 is 1.68 bits per heavy atom. The van der Waals surface area contributed by atoms with Gasteiger partial charge in [-0.3, -0.25) is 0 Å². The number of aliphatic hydroxyl groups is 1. The molecule has 1 N–H and O–H groups in total. The first-order chi connectivity index (χ1) is 10.8. The minimum atomic E-state index is -0.513. The first-order valence-corrected chi connectivity index (χ1v) is 7.73. The lowest BCUT2D eigenvalue weighted by Crippen LogP contribution is -2.56. The van der Waals surface area contributed by atoms with Crippen molar-refractivity contribution in [3.05, 3.63) is 35.9 Å². The lowest BCUT2D eigenvalue weighted by Gasteiger charge is -2.36. The fourth-order valence-corrected chi connectivity index (χ4v) is 3.23. The fourth-order valence-electron chi connectivity index (χ4n) is 3.23. The molecular weight excluding hydrogens is 288 g/mol. The van der Waals surface area contributed by atoms with Crippen LogP contribution in [-0.2, 0) is 23.7 Å². The summed E-state index contributed by atoms with van der Waals surface area (Å²) in [6.07, 6.45) is -2.02. The smallest absolute Gasteiger partial charge is 0.190 e. The van der Waals surface area contributed by atoms with Crippen molar-refractivity contribution in [2.75, 3.05) is 6.61 Å². The third-order valence-electron chi connectivity index (χ3n) is 4.33. The van der Waals surface area contributed by atoms with E-state index in [-0.39, 0.29) is 31.2 Å². The van der Waals surface area contributed by atoms with E-state index in [2.05, 4.69) is 0 Å². The van der Waals surface area contributed by atoms with Crippen LogP contribution in [0.1, 0.15) is 25.2 Å². The lowest BCUT2D eigenvalue weighted by molar-refractivity contribution is -0.230. The number of hydrogen-bond acceptors (Lipinski definition) is 6. The molecule has 120 valence electrons. The highest BCUT2D eigenvalue weighted by Crippen LogP contribution is 2.42. The summed E-state index contributed by atoms with van der Waals surface area (Å²) in [5.41, 5.74) is 0.941. The highest BCUT2D eigenvalue weighted by molar-refractivity contribution is 5.17. The molecule has 0 unspecified atom stereocenters. The molecule has 1 aromatic rings. The van der Waals surface area contributed by atoms with E-state index in [1.54, 1.807) is 0 Å². The van der Waals surface area contributed by atoms with Crippen LogP contribution in [0.25, 0.3) is 0 Å². The Labute approximate surface area is 128 Å². The van der Waals surface area contributed by atoms with Crippen LogP contribution in [-0.4, -0.2) is 48.7 Å². The van der Waals surface area contributed by atoms with Gasteiger partial charge < -0.3 is 28.8 Å². The topological polar surface area (TPSA) is 66.4 Å². The van der Waals surface area contributed by atoms with Crippen molar-refractivity contribution < 1.29 is 28.8 Å². The fraction of sp³-hybridized carbons (Fsp3) is 0.625. The van der Waals surface area contributed by atoms with Crippen molar-refractivity contribution >= 4 is 0 Å². The summed E-state index contributed by atoms with van der Waals surface area (Å²) in [5.74, 6) is 0. The predicted octanol–water partition coefficient (Wildman–Crippen LogP) is 1.34. The normalized spacial score (nSPS) is 43.8. The van der Waals surface area contributed by atoms with Crippen molar-refractivity contribution in [3.8, 4) is 0 Å². The molecule has 3 aliphatic heterocycles. The SMILES string of the molecule is CC[C@H]1O[C@H]2O[C@H](CO)[C@@H]3O[C@H](c4ccccc4)O[C@@H]3[C@H]2O1. The predicted molar refractivity (Wildman–Crippen MR) is 74.7 cm³/mol. The molecule has 0 radical (unpaired) electrons. The van der Waals surface area contributed by atoms with Crippen molar-refractivity contribution in [1.82, 2.24) is 0 Å². The van der Waals surface area contributed by atoms with Crippen LogP contribution in [0.4, 0.5) is 0 Å². The molecule has 7 atom stereocenters. The van der Waals surface area contributed by atoms with Crippen LogP contribution in [0.2, 0.25) is 0 Å².